The van der Waals surface area contributed by atoms with Crippen molar-refractivity contribution < 1.29 is 18.0 Å². The molecule has 0 atom stereocenters. The van der Waals surface area contributed by atoms with Gasteiger partial charge in [0.15, 0.2) is 5.78 Å². The summed E-state index contributed by atoms with van der Waals surface area (Å²) in [5.74, 6) is -0.178. The first kappa shape index (κ1) is 18.7. The summed E-state index contributed by atoms with van der Waals surface area (Å²) < 4.78 is 27.2. The molecular formula is C18H15NO4S3. The van der Waals surface area contributed by atoms with Gasteiger partial charge in [-0.15, -0.1) is 22.7 Å². The summed E-state index contributed by atoms with van der Waals surface area (Å²) in [6.07, 6.45) is 0. The molecule has 0 amide bonds. The molecule has 8 heteroatoms. The van der Waals surface area contributed by atoms with Crippen LogP contribution in [0.3, 0.4) is 0 Å². The number of thiophene rings is 2. The monoisotopic (exact) mass is 405 g/mol. The van der Waals surface area contributed by atoms with Crippen LogP contribution in [0.25, 0.3) is 0 Å². The summed E-state index contributed by atoms with van der Waals surface area (Å²) in [4.78, 5) is 25.6. The first-order chi connectivity index (χ1) is 12.4. The van der Waals surface area contributed by atoms with Crippen molar-refractivity contribution in [2.24, 2.45) is 0 Å². The van der Waals surface area contributed by atoms with Crippen LogP contribution >= 0.6 is 22.7 Å². The van der Waals surface area contributed by atoms with E-state index in [2.05, 4.69) is 4.72 Å². The minimum atomic E-state index is -3.69. The normalized spacial score (nSPS) is 11.4. The van der Waals surface area contributed by atoms with Crippen LogP contribution in [-0.4, -0.2) is 20.0 Å². The molecule has 3 aromatic rings. The van der Waals surface area contributed by atoms with Crippen LogP contribution < -0.4 is 4.72 Å². The molecule has 0 aliphatic carbocycles. The highest BCUT2D eigenvalue weighted by atomic mass is 32.2. The van der Waals surface area contributed by atoms with Crippen molar-refractivity contribution in [3.8, 4) is 0 Å². The van der Waals surface area contributed by atoms with Crippen molar-refractivity contribution in [1.82, 2.24) is 4.72 Å². The number of Topliss-reactive ketones (excluding diaryl/α,β-unsaturated/α-hetero) is 1. The summed E-state index contributed by atoms with van der Waals surface area (Å²) >= 11 is 2.64. The minimum absolute atomic E-state index is 0.0565. The number of carbonyl (C=O) groups excluding carboxylic acids is 2. The lowest BCUT2D eigenvalue weighted by Gasteiger charge is -2.06. The van der Waals surface area contributed by atoms with Gasteiger partial charge in [0.2, 0.25) is 15.8 Å². The molecule has 0 spiro atoms. The Morgan fingerprint density at radius 2 is 1.73 bits per heavy atom. The molecule has 134 valence electrons. The molecule has 0 aliphatic heterocycles. The summed E-state index contributed by atoms with van der Waals surface area (Å²) in [5.41, 5.74) is 0.457. The number of nitrogens with one attached hydrogen (secondary N) is 1. The van der Waals surface area contributed by atoms with E-state index in [1.54, 1.807) is 18.2 Å². The van der Waals surface area contributed by atoms with Crippen molar-refractivity contribution in [3.63, 3.8) is 0 Å². The van der Waals surface area contributed by atoms with E-state index in [9.17, 15) is 18.0 Å². The van der Waals surface area contributed by atoms with Crippen molar-refractivity contribution >= 4 is 44.3 Å². The van der Waals surface area contributed by atoms with Gasteiger partial charge in [0.25, 0.3) is 0 Å². The zero-order valence-corrected chi connectivity index (χ0v) is 16.2. The summed E-state index contributed by atoms with van der Waals surface area (Å²) in [5, 5.41) is 1.84. The minimum Gasteiger partial charge on any atom is -0.295 e. The second kappa shape index (κ2) is 7.63. The van der Waals surface area contributed by atoms with Gasteiger partial charge < -0.3 is 0 Å². The van der Waals surface area contributed by atoms with Gasteiger partial charge >= 0.3 is 0 Å². The summed E-state index contributed by atoms with van der Waals surface area (Å²) in [6.45, 7) is 1.52. The van der Waals surface area contributed by atoms with Gasteiger partial charge in [-0.05, 0) is 42.6 Å². The number of hydrogen-bond acceptors (Lipinski definition) is 6. The fraction of sp³-hybridized carbons (Fsp3) is 0.111. The molecule has 5 nitrogen and oxygen atoms in total. The largest absolute Gasteiger partial charge is 0.295 e. The number of benzene rings is 1. The Morgan fingerprint density at radius 3 is 2.35 bits per heavy atom. The molecule has 0 saturated carbocycles. The third-order valence-corrected chi connectivity index (χ3v) is 7.01. The van der Waals surface area contributed by atoms with Crippen LogP contribution in [0.2, 0.25) is 0 Å². The molecule has 0 saturated heterocycles. The predicted octanol–water partition coefficient (Wildman–Crippen LogP) is 3.72. The van der Waals surface area contributed by atoms with E-state index in [0.29, 0.717) is 15.3 Å². The zero-order valence-electron chi connectivity index (χ0n) is 13.8. The molecule has 2 heterocycles. The molecule has 26 heavy (non-hydrogen) atoms. The van der Waals surface area contributed by atoms with Gasteiger partial charge in [-0.25, -0.2) is 13.1 Å². The van der Waals surface area contributed by atoms with E-state index in [0.717, 1.165) is 4.88 Å². The molecular weight excluding hydrogens is 390 g/mol. The Hall–Kier alpha value is -2.13. The van der Waals surface area contributed by atoms with Crippen LogP contribution in [0.5, 0.6) is 0 Å². The lowest BCUT2D eigenvalue weighted by molar-refractivity contribution is 0.101. The fourth-order valence-electron chi connectivity index (χ4n) is 2.24. The maximum absolute atomic E-state index is 12.4. The average molecular weight is 406 g/mol. The lowest BCUT2D eigenvalue weighted by Crippen LogP contribution is -2.22. The highest BCUT2D eigenvalue weighted by Crippen LogP contribution is 2.22. The van der Waals surface area contributed by atoms with E-state index < -0.39 is 10.0 Å². The number of sulfonamides is 1. The smallest absolute Gasteiger partial charge is 0.240 e. The van der Waals surface area contributed by atoms with E-state index in [1.165, 1.54) is 53.9 Å². The summed E-state index contributed by atoms with van der Waals surface area (Å²) in [6, 6.07) is 12.8. The third kappa shape index (κ3) is 4.16. The third-order valence-electron chi connectivity index (χ3n) is 3.64. The van der Waals surface area contributed by atoms with Gasteiger partial charge in [0.05, 0.1) is 14.6 Å². The van der Waals surface area contributed by atoms with Gasteiger partial charge in [-0.2, -0.15) is 0 Å². The van der Waals surface area contributed by atoms with Crippen molar-refractivity contribution in [2.45, 2.75) is 18.4 Å². The molecule has 0 unspecified atom stereocenters. The molecule has 0 bridgehead atoms. The maximum atomic E-state index is 12.4. The van der Waals surface area contributed by atoms with E-state index >= 15 is 0 Å². The molecule has 2 aromatic heterocycles. The number of hydrogen-bond donors (Lipinski definition) is 1. The molecule has 3 rings (SSSR count). The van der Waals surface area contributed by atoms with Crippen molar-refractivity contribution in [1.29, 1.82) is 0 Å². The first-order valence-corrected chi connectivity index (χ1v) is 10.8. The van der Waals surface area contributed by atoms with Crippen LogP contribution in [0.1, 0.15) is 36.7 Å². The number of carbonyl (C=O) groups is 2. The van der Waals surface area contributed by atoms with Gasteiger partial charge in [0.1, 0.15) is 0 Å². The van der Waals surface area contributed by atoms with Gasteiger partial charge in [0, 0.05) is 17.0 Å². The average Bonchev–Trinajstić information content (AvgIpc) is 3.31. The van der Waals surface area contributed by atoms with Crippen LogP contribution in [-0.2, 0) is 16.6 Å². The molecule has 1 N–H and O–H groups in total. The van der Waals surface area contributed by atoms with Crippen molar-refractivity contribution in [2.75, 3.05) is 0 Å². The molecule has 0 fully saturated rings. The molecule has 0 radical (unpaired) electrons. The second-order valence-electron chi connectivity index (χ2n) is 5.48. The van der Waals surface area contributed by atoms with Crippen molar-refractivity contribution in [3.05, 3.63) is 74.1 Å². The van der Waals surface area contributed by atoms with Crippen LogP contribution in [0, 0.1) is 0 Å². The Labute approximate surface area is 159 Å². The quantitative estimate of drug-likeness (QED) is 0.608. The van der Waals surface area contributed by atoms with E-state index in [-0.39, 0.29) is 23.0 Å². The summed E-state index contributed by atoms with van der Waals surface area (Å²) in [7, 11) is -3.69. The SMILES string of the molecule is CC(=O)c1ccc(S(=O)(=O)NCc2ccc(C(=O)c3cccs3)s2)cc1. The molecule has 0 aliphatic rings. The standard InChI is InChI=1S/C18H15NO4S3/c1-12(20)13-4-7-15(8-5-13)26(22,23)19-11-14-6-9-17(25-14)18(21)16-3-2-10-24-16/h2-10,19H,11H2,1H3. The second-order valence-corrected chi connectivity index (χ2v) is 9.36. The maximum Gasteiger partial charge on any atom is 0.240 e. The highest BCUT2D eigenvalue weighted by molar-refractivity contribution is 7.89. The number of rotatable bonds is 7. The van der Waals surface area contributed by atoms with Gasteiger partial charge in [-0.3, -0.25) is 9.59 Å². The first-order valence-electron chi connectivity index (χ1n) is 7.64. The number of ketones is 2. The topological polar surface area (TPSA) is 80.3 Å². The lowest BCUT2D eigenvalue weighted by atomic mass is 10.2. The predicted molar refractivity (Wildman–Crippen MR) is 103 cm³/mol. The van der Waals surface area contributed by atoms with Crippen LogP contribution in [0.4, 0.5) is 0 Å². The van der Waals surface area contributed by atoms with E-state index in [4.69, 9.17) is 0 Å². The zero-order chi connectivity index (χ0) is 18.7. The Morgan fingerprint density at radius 1 is 1.00 bits per heavy atom. The van der Waals surface area contributed by atoms with Gasteiger partial charge in [-0.1, -0.05) is 18.2 Å². The Balaban J connectivity index is 1.68. The van der Waals surface area contributed by atoms with E-state index in [1.807, 2.05) is 11.4 Å². The van der Waals surface area contributed by atoms with Crippen LogP contribution in [0.15, 0.2) is 58.8 Å². The fourth-order valence-corrected chi connectivity index (χ4v) is 4.98. The molecule has 1 aromatic carbocycles. The highest BCUT2D eigenvalue weighted by Gasteiger charge is 2.16. The Bertz CT molecular complexity index is 1030. The Kier molecular flexibility index (Phi) is 5.47.